The second kappa shape index (κ2) is 5.95. The zero-order chi connectivity index (χ0) is 11.3. The highest BCUT2D eigenvalue weighted by Gasteiger charge is 2.14. The Kier molecular flexibility index (Phi) is 4.88. The van der Waals surface area contributed by atoms with Gasteiger partial charge in [-0.15, -0.1) is 0 Å². The van der Waals surface area contributed by atoms with Gasteiger partial charge < -0.3 is 14.5 Å². The molecule has 1 unspecified atom stereocenters. The lowest BCUT2D eigenvalue weighted by molar-refractivity contribution is 0.0222. The Hall–Kier alpha value is -0.770. The monoisotopic (exact) mass is 213 g/mol. The SMILES string of the molecule is CN(C)C(=NCC1CCCCO1)N(C)C. The minimum Gasteiger partial charge on any atom is -0.376 e. The molecule has 4 heteroatoms. The summed E-state index contributed by atoms with van der Waals surface area (Å²) in [6, 6.07) is 0. The molecule has 4 nitrogen and oxygen atoms in total. The van der Waals surface area contributed by atoms with Gasteiger partial charge in [0.2, 0.25) is 0 Å². The fourth-order valence-corrected chi connectivity index (χ4v) is 1.82. The summed E-state index contributed by atoms with van der Waals surface area (Å²) in [5.41, 5.74) is 0. The second-order valence-corrected chi connectivity index (χ2v) is 4.42. The molecule has 1 fully saturated rings. The summed E-state index contributed by atoms with van der Waals surface area (Å²) in [5.74, 6) is 1.00. The number of guanidine groups is 1. The Bertz CT molecular complexity index is 198. The molecule has 0 N–H and O–H groups in total. The van der Waals surface area contributed by atoms with Crippen LogP contribution in [0, 0.1) is 0 Å². The quantitative estimate of drug-likeness (QED) is 0.507. The van der Waals surface area contributed by atoms with Gasteiger partial charge in [-0.2, -0.15) is 0 Å². The van der Waals surface area contributed by atoms with Gasteiger partial charge in [0.25, 0.3) is 0 Å². The van der Waals surface area contributed by atoms with Crippen molar-refractivity contribution in [3.63, 3.8) is 0 Å². The average Bonchev–Trinajstić information content (AvgIpc) is 2.18. The molecule has 0 bridgehead atoms. The Morgan fingerprint density at radius 1 is 1.20 bits per heavy atom. The minimum absolute atomic E-state index is 0.327. The molecule has 0 amide bonds. The van der Waals surface area contributed by atoms with Crippen LogP contribution >= 0.6 is 0 Å². The van der Waals surface area contributed by atoms with Crippen LogP contribution in [0.4, 0.5) is 0 Å². The number of nitrogens with zero attached hydrogens (tertiary/aromatic N) is 3. The van der Waals surface area contributed by atoms with Crippen molar-refractivity contribution in [2.75, 3.05) is 41.3 Å². The van der Waals surface area contributed by atoms with E-state index in [0.717, 1.165) is 25.5 Å². The van der Waals surface area contributed by atoms with E-state index in [-0.39, 0.29) is 0 Å². The van der Waals surface area contributed by atoms with Crippen LogP contribution in [0.1, 0.15) is 19.3 Å². The zero-order valence-electron chi connectivity index (χ0n) is 10.4. The van der Waals surface area contributed by atoms with Gasteiger partial charge in [-0.1, -0.05) is 0 Å². The van der Waals surface area contributed by atoms with Crippen molar-refractivity contribution >= 4 is 5.96 Å². The van der Waals surface area contributed by atoms with Gasteiger partial charge in [0.1, 0.15) is 0 Å². The van der Waals surface area contributed by atoms with E-state index in [0.29, 0.717) is 6.10 Å². The van der Waals surface area contributed by atoms with E-state index < -0.39 is 0 Å². The molecule has 0 aromatic carbocycles. The molecule has 1 saturated heterocycles. The van der Waals surface area contributed by atoms with Gasteiger partial charge in [-0.05, 0) is 19.3 Å². The first-order valence-electron chi connectivity index (χ1n) is 5.62. The Morgan fingerprint density at radius 3 is 2.33 bits per heavy atom. The minimum atomic E-state index is 0.327. The summed E-state index contributed by atoms with van der Waals surface area (Å²) >= 11 is 0. The van der Waals surface area contributed by atoms with Crippen LogP contribution in [0.2, 0.25) is 0 Å². The molecule has 1 atom stereocenters. The number of ether oxygens (including phenoxy) is 1. The molecule has 0 spiro atoms. The van der Waals surface area contributed by atoms with Crippen molar-refractivity contribution < 1.29 is 4.74 Å². The van der Waals surface area contributed by atoms with Crippen LogP contribution in [0.3, 0.4) is 0 Å². The zero-order valence-corrected chi connectivity index (χ0v) is 10.4. The van der Waals surface area contributed by atoms with E-state index in [1.54, 1.807) is 0 Å². The van der Waals surface area contributed by atoms with Crippen LogP contribution in [0.25, 0.3) is 0 Å². The van der Waals surface area contributed by atoms with Gasteiger partial charge in [-0.25, -0.2) is 0 Å². The summed E-state index contributed by atoms with van der Waals surface area (Å²) in [6.07, 6.45) is 3.96. The third kappa shape index (κ3) is 4.08. The van der Waals surface area contributed by atoms with Gasteiger partial charge in [0.05, 0.1) is 12.6 Å². The highest BCUT2D eigenvalue weighted by molar-refractivity contribution is 5.79. The highest BCUT2D eigenvalue weighted by atomic mass is 16.5. The number of aliphatic imine (C=N–C) groups is 1. The first kappa shape index (κ1) is 12.3. The number of hydrogen-bond donors (Lipinski definition) is 0. The normalized spacial score (nSPS) is 20.9. The van der Waals surface area contributed by atoms with Crippen LogP contribution in [0.15, 0.2) is 4.99 Å². The average molecular weight is 213 g/mol. The van der Waals surface area contributed by atoms with Crippen LogP contribution in [-0.4, -0.2) is 63.2 Å². The van der Waals surface area contributed by atoms with E-state index in [1.165, 1.54) is 12.8 Å². The summed E-state index contributed by atoms with van der Waals surface area (Å²) in [4.78, 5) is 8.65. The lowest BCUT2D eigenvalue weighted by Gasteiger charge is -2.25. The Balaban J connectivity index is 2.44. The number of hydrogen-bond acceptors (Lipinski definition) is 2. The Labute approximate surface area is 92.9 Å². The van der Waals surface area contributed by atoms with E-state index >= 15 is 0 Å². The van der Waals surface area contributed by atoms with Gasteiger partial charge >= 0.3 is 0 Å². The van der Waals surface area contributed by atoms with Crippen molar-refractivity contribution in [1.82, 2.24) is 9.80 Å². The van der Waals surface area contributed by atoms with Gasteiger partial charge in [0.15, 0.2) is 5.96 Å². The summed E-state index contributed by atoms with van der Waals surface area (Å²) in [5, 5.41) is 0. The third-order valence-corrected chi connectivity index (χ3v) is 2.51. The topological polar surface area (TPSA) is 28.1 Å². The largest absolute Gasteiger partial charge is 0.376 e. The maximum atomic E-state index is 5.64. The van der Waals surface area contributed by atoms with Crippen molar-refractivity contribution in [3.8, 4) is 0 Å². The fraction of sp³-hybridized carbons (Fsp3) is 0.909. The highest BCUT2D eigenvalue weighted by Crippen LogP contribution is 2.12. The first-order chi connectivity index (χ1) is 7.11. The summed E-state index contributed by atoms with van der Waals surface area (Å²) < 4.78 is 5.64. The molecule has 1 aliphatic rings. The van der Waals surface area contributed by atoms with Crippen LogP contribution in [0.5, 0.6) is 0 Å². The Morgan fingerprint density at radius 2 is 1.87 bits per heavy atom. The molecule has 0 aromatic heterocycles. The lowest BCUT2D eigenvalue weighted by atomic mass is 10.1. The molecule has 1 rings (SSSR count). The smallest absolute Gasteiger partial charge is 0.195 e. The van der Waals surface area contributed by atoms with Crippen molar-refractivity contribution in [2.45, 2.75) is 25.4 Å². The maximum Gasteiger partial charge on any atom is 0.195 e. The molecule has 0 radical (unpaired) electrons. The lowest BCUT2D eigenvalue weighted by Crippen LogP contribution is -2.36. The second-order valence-electron chi connectivity index (χ2n) is 4.42. The molecule has 88 valence electrons. The number of rotatable bonds is 2. The standard InChI is InChI=1S/C11H23N3O/c1-13(2)11(14(3)4)12-9-10-7-5-6-8-15-10/h10H,5-9H2,1-4H3. The molecule has 0 aromatic rings. The van der Waals surface area contributed by atoms with E-state index in [1.807, 2.05) is 38.0 Å². The van der Waals surface area contributed by atoms with E-state index in [4.69, 9.17) is 4.74 Å². The van der Waals surface area contributed by atoms with Crippen LogP contribution in [-0.2, 0) is 4.74 Å². The predicted octanol–water partition coefficient (Wildman–Crippen LogP) is 1.03. The fourth-order valence-electron chi connectivity index (χ4n) is 1.82. The molecule has 15 heavy (non-hydrogen) atoms. The predicted molar refractivity (Wildman–Crippen MR) is 63.3 cm³/mol. The van der Waals surface area contributed by atoms with E-state index in [9.17, 15) is 0 Å². The molecule has 0 saturated carbocycles. The third-order valence-electron chi connectivity index (χ3n) is 2.51. The molecule has 1 aliphatic heterocycles. The first-order valence-corrected chi connectivity index (χ1v) is 5.62. The molecule has 0 aliphatic carbocycles. The summed E-state index contributed by atoms with van der Waals surface area (Å²) in [7, 11) is 8.06. The molecule has 1 heterocycles. The van der Waals surface area contributed by atoms with E-state index in [2.05, 4.69) is 4.99 Å². The molecular formula is C11H23N3O. The van der Waals surface area contributed by atoms with Crippen molar-refractivity contribution in [1.29, 1.82) is 0 Å². The van der Waals surface area contributed by atoms with Crippen LogP contribution < -0.4 is 0 Å². The van der Waals surface area contributed by atoms with Gasteiger partial charge in [0, 0.05) is 34.8 Å². The molecular weight excluding hydrogens is 190 g/mol. The van der Waals surface area contributed by atoms with Crippen molar-refractivity contribution in [3.05, 3.63) is 0 Å². The van der Waals surface area contributed by atoms with Gasteiger partial charge in [-0.3, -0.25) is 4.99 Å². The maximum absolute atomic E-state index is 5.64. The summed E-state index contributed by atoms with van der Waals surface area (Å²) in [6.45, 7) is 1.69. The van der Waals surface area contributed by atoms with Crippen molar-refractivity contribution in [2.24, 2.45) is 4.99 Å².